The molecule has 0 amide bonds. The molecule has 0 unspecified atom stereocenters. The van der Waals surface area contributed by atoms with Gasteiger partial charge < -0.3 is 0 Å². The Morgan fingerprint density at radius 2 is 1.95 bits per heavy atom. The van der Waals surface area contributed by atoms with E-state index in [9.17, 15) is 0 Å². The first-order valence-corrected chi connectivity index (χ1v) is 10.4. The van der Waals surface area contributed by atoms with Crippen LogP contribution in [0, 0.1) is 13.0 Å². The Balaban J connectivity index is -0.000000237. The van der Waals surface area contributed by atoms with Crippen LogP contribution in [0.2, 0.25) is 13.1 Å². The minimum atomic E-state index is -1.17. The maximum Gasteiger partial charge on any atom is 2.00 e. The molecule has 1 aromatic rings. The van der Waals surface area contributed by atoms with Crippen molar-refractivity contribution in [1.82, 2.24) is 4.98 Å². The fraction of sp³-hybridized carbons (Fsp3) is 0.231. The van der Waals surface area contributed by atoms with Crippen molar-refractivity contribution in [2.45, 2.75) is 19.5 Å². The second kappa shape index (κ2) is 12.1. The molecular formula is C13H18BrCl2CrNSi. The van der Waals surface area contributed by atoms with Gasteiger partial charge in [-0.15, -0.1) is 58.3 Å². The average Bonchev–Trinajstić information content (AvgIpc) is 2.71. The van der Waals surface area contributed by atoms with Gasteiger partial charge in [-0.1, -0.05) is 19.2 Å². The molecule has 0 N–H and O–H groups in total. The summed E-state index contributed by atoms with van der Waals surface area (Å²) in [5.74, 6) is 0. The van der Waals surface area contributed by atoms with E-state index in [4.69, 9.17) is 0 Å². The van der Waals surface area contributed by atoms with Gasteiger partial charge in [0.15, 0.2) is 0 Å². The molecule has 2 rings (SSSR count). The first-order chi connectivity index (χ1) is 7.50. The molecule has 106 valence electrons. The number of halogens is 3. The van der Waals surface area contributed by atoms with Gasteiger partial charge in [-0.05, 0) is 0 Å². The quantitative estimate of drug-likeness (QED) is 0.358. The van der Waals surface area contributed by atoms with Crippen LogP contribution in [0.4, 0.5) is 0 Å². The molecule has 0 saturated carbocycles. The number of allylic oxidation sites excluding steroid dienone is 4. The van der Waals surface area contributed by atoms with Gasteiger partial charge in [0.05, 0.1) is 6.69 Å². The second-order valence-electron chi connectivity index (χ2n) is 4.01. The van der Waals surface area contributed by atoms with Crippen molar-refractivity contribution in [2.24, 2.45) is 0 Å². The summed E-state index contributed by atoms with van der Waals surface area (Å²) in [6.45, 7) is 7.00. The molecule has 0 spiro atoms. The summed E-state index contributed by atoms with van der Waals surface area (Å²) in [5, 5.41) is 1.47. The van der Waals surface area contributed by atoms with E-state index in [2.05, 4.69) is 58.5 Å². The SMILES string of the molecule is C[Si](C)(Br)C1=CC[C-]=C1.Cl.Cl.[CH2-]c1ccccn1.[Cr+2]. The van der Waals surface area contributed by atoms with Crippen LogP contribution < -0.4 is 0 Å². The summed E-state index contributed by atoms with van der Waals surface area (Å²) >= 11 is 3.70. The van der Waals surface area contributed by atoms with Crippen LogP contribution in [0.25, 0.3) is 0 Å². The van der Waals surface area contributed by atoms with Gasteiger partial charge in [0.2, 0.25) is 0 Å². The molecule has 6 heteroatoms. The number of pyridine rings is 1. The van der Waals surface area contributed by atoms with Gasteiger partial charge in [-0.3, -0.25) is 11.1 Å². The molecule has 19 heavy (non-hydrogen) atoms. The fourth-order valence-corrected chi connectivity index (χ4v) is 3.07. The Labute approximate surface area is 148 Å². The van der Waals surface area contributed by atoms with Crippen LogP contribution in [0.5, 0.6) is 0 Å². The van der Waals surface area contributed by atoms with Crippen molar-refractivity contribution in [1.29, 1.82) is 0 Å². The molecule has 0 fully saturated rings. The molecule has 1 aromatic heterocycles. The third kappa shape index (κ3) is 10.7. The van der Waals surface area contributed by atoms with Crippen LogP contribution in [0.3, 0.4) is 0 Å². The largest absolute Gasteiger partial charge is 2.00 e. The molecule has 0 aromatic carbocycles. The Bertz CT molecular complexity index is 391. The smallest absolute Gasteiger partial charge is 0.296 e. The Kier molecular flexibility index (Phi) is 15.5. The van der Waals surface area contributed by atoms with E-state index in [1.54, 1.807) is 6.20 Å². The number of hydrogen-bond acceptors (Lipinski definition) is 1. The van der Waals surface area contributed by atoms with E-state index in [1.807, 2.05) is 18.2 Å². The van der Waals surface area contributed by atoms with Crippen LogP contribution in [-0.4, -0.2) is 11.7 Å². The molecule has 1 heterocycles. The third-order valence-electron chi connectivity index (χ3n) is 2.11. The topological polar surface area (TPSA) is 12.9 Å². The van der Waals surface area contributed by atoms with E-state index in [-0.39, 0.29) is 42.2 Å². The zero-order valence-corrected chi connectivity index (χ0v) is 16.4. The Hall–Kier alpha value is 0.309. The molecule has 0 atom stereocenters. The fourth-order valence-electron chi connectivity index (χ4n) is 1.21. The summed E-state index contributed by atoms with van der Waals surface area (Å²) in [5.41, 5.74) is 0.822. The van der Waals surface area contributed by atoms with Crippen molar-refractivity contribution in [2.75, 3.05) is 0 Å². The van der Waals surface area contributed by atoms with Gasteiger partial charge in [0.25, 0.3) is 0 Å². The summed E-state index contributed by atoms with van der Waals surface area (Å²) in [6.07, 6.45) is 10.3. The van der Waals surface area contributed by atoms with Gasteiger partial charge in [0.1, 0.15) is 0 Å². The Morgan fingerprint density at radius 1 is 1.32 bits per heavy atom. The zero-order chi connectivity index (χ0) is 12.0. The van der Waals surface area contributed by atoms with Crippen LogP contribution in [0.1, 0.15) is 12.1 Å². The standard InChI is InChI=1S/C7H10BrSi.C6H6N.2ClH.Cr/c1-9(2,8)7-5-3-4-6-7;1-6-4-2-3-5-7-6;;;/h5-6H,3H2,1-2H3;2-5H,1H2;2*1H;/q2*-1;;;+2. The number of rotatable bonds is 1. The molecular weight excluding hydrogens is 401 g/mol. The normalized spacial score (nSPS) is 11.8. The summed E-state index contributed by atoms with van der Waals surface area (Å²) in [7, 11) is 0. The number of nitrogens with zero attached hydrogens (tertiary/aromatic N) is 1. The predicted octanol–water partition coefficient (Wildman–Crippen LogP) is 4.92. The minimum Gasteiger partial charge on any atom is -0.296 e. The van der Waals surface area contributed by atoms with Crippen LogP contribution in [-0.2, 0) is 17.4 Å². The molecule has 1 aliphatic rings. The van der Waals surface area contributed by atoms with Crippen LogP contribution >= 0.6 is 40.1 Å². The van der Waals surface area contributed by atoms with Gasteiger partial charge in [-0.25, -0.2) is 13.0 Å². The summed E-state index contributed by atoms with van der Waals surface area (Å²) < 4.78 is 0. The molecule has 0 radical (unpaired) electrons. The monoisotopic (exact) mass is 417 g/mol. The summed E-state index contributed by atoms with van der Waals surface area (Å²) in [4.78, 5) is 3.87. The number of hydrogen-bond donors (Lipinski definition) is 0. The van der Waals surface area contributed by atoms with E-state index in [0.717, 1.165) is 12.1 Å². The van der Waals surface area contributed by atoms with E-state index < -0.39 is 6.69 Å². The Morgan fingerprint density at radius 3 is 2.16 bits per heavy atom. The third-order valence-corrected chi connectivity index (χ3v) is 5.20. The van der Waals surface area contributed by atoms with Crippen molar-refractivity contribution >= 4 is 46.8 Å². The molecule has 1 nitrogen and oxygen atoms in total. The average molecular weight is 419 g/mol. The molecule has 1 aliphatic carbocycles. The molecule has 0 saturated heterocycles. The minimum absolute atomic E-state index is 0. The first kappa shape index (κ1) is 24.3. The first-order valence-electron chi connectivity index (χ1n) is 5.19. The molecule has 0 aliphatic heterocycles. The van der Waals surface area contributed by atoms with Gasteiger partial charge in [0, 0.05) is 6.20 Å². The van der Waals surface area contributed by atoms with Crippen molar-refractivity contribution in [3.63, 3.8) is 0 Å². The van der Waals surface area contributed by atoms with Gasteiger partial charge >= 0.3 is 17.4 Å². The van der Waals surface area contributed by atoms with Crippen molar-refractivity contribution in [3.8, 4) is 0 Å². The molecule has 0 bridgehead atoms. The van der Waals surface area contributed by atoms with E-state index in [0.29, 0.717) is 0 Å². The van der Waals surface area contributed by atoms with E-state index >= 15 is 0 Å². The maximum absolute atomic E-state index is 3.87. The van der Waals surface area contributed by atoms with Crippen molar-refractivity contribution in [3.05, 3.63) is 60.4 Å². The summed E-state index contributed by atoms with van der Waals surface area (Å²) in [6, 6.07) is 5.64. The van der Waals surface area contributed by atoms with Crippen molar-refractivity contribution < 1.29 is 17.4 Å². The second-order valence-corrected chi connectivity index (χ2v) is 13.5. The maximum atomic E-state index is 3.87. The number of aromatic nitrogens is 1. The van der Waals surface area contributed by atoms with Gasteiger partial charge in [-0.2, -0.15) is 17.3 Å². The predicted molar refractivity (Wildman–Crippen MR) is 90.1 cm³/mol. The zero-order valence-electron chi connectivity index (χ0n) is 10.9. The van der Waals surface area contributed by atoms with E-state index in [1.165, 1.54) is 5.20 Å². The van der Waals surface area contributed by atoms with Crippen LogP contribution in [0.15, 0.2) is 41.7 Å².